The minimum absolute atomic E-state index is 0.109. The van der Waals surface area contributed by atoms with Gasteiger partial charge in [0.05, 0.1) is 17.2 Å². The van der Waals surface area contributed by atoms with Crippen LogP contribution in [0.4, 0.5) is 5.69 Å². The fraction of sp³-hybridized carbons (Fsp3) is 0.391. The zero-order chi connectivity index (χ0) is 20.4. The molecule has 2 rings (SSSR count). The summed E-state index contributed by atoms with van der Waals surface area (Å²) in [6, 6.07) is 13.4. The highest BCUT2D eigenvalue weighted by molar-refractivity contribution is 5.92. The van der Waals surface area contributed by atoms with Crippen LogP contribution in [0.5, 0.6) is 5.75 Å². The number of ether oxygens (including phenoxy) is 2. The minimum atomic E-state index is -0.446. The van der Waals surface area contributed by atoms with Gasteiger partial charge in [-0.1, -0.05) is 26.2 Å². The van der Waals surface area contributed by atoms with Crippen molar-refractivity contribution in [3.8, 4) is 5.75 Å². The number of nitrogens with one attached hydrogen (secondary N) is 1. The van der Waals surface area contributed by atoms with Gasteiger partial charge in [0.25, 0.3) is 0 Å². The van der Waals surface area contributed by atoms with Gasteiger partial charge >= 0.3 is 11.9 Å². The molecule has 5 heteroatoms. The number of esters is 2. The van der Waals surface area contributed by atoms with Crippen LogP contribution in [0.2, 0.25) is 0 Å². The second kappa shape index (κ2) is 11.1. The van der Waals surface area contributed by atoms with Gasteiger partial charge in [-0.05, 0) is 68.3 Å². The van der Waals surface area contributed by atoms with Gasteiger partial charge in [-0.15, -0.1) is 0 Å². The van der Waals surface area contributed by atoms with Gasteiger partial charge in [0.1, 0.15) is 5.75 Å². The van der Waals surface area contributed by atoms with E-state index in [9.17, 15) is 9.59 Å². The molecule has 2 aromatic rings. The van der Waals surface area contributed by atoms with Crippen molar-refractivity contribution in [1.29, 1.82) is 0 Å². The summed E-state index contributed by atoms with van der Waals surface area (Å²) in [7, 11) is 1.81. The first-order valence-electron chi connectivity index (χ1n) is 9.84. The monoisotopic (exact) mass is 383 g/mol. The molecule has 0 radical (unpaired) electrons. The zero-order valence-electron chi connectivity index (χ0n) is 16.9. The number of carbonyl (C=O) groups is 2. The van der Waals surface area contributed by atoms with E-state index in [4.69, 9.17) is 9.47 Å². The molecule has 0 fully saturated rings. The van der Waals surface area contributed by atoms with Gasteiger partial charge in [-0.2, -0.15) is 0 Å². The lowest BCUT2D eigenvalue weighted by Gasteiger charge is -2.13. The first-order valence-corrected chi connectivity index (χ1v) is 9.84. The van der Waals surface area contributed by atoms with E-state index in [1.165, 1.54) is 12.8 Å². The number of hydrogen-bond donors (Lipinski definition) is 1. The fourth-order valence-electron chi connectivity index (χ4n) is 2.77. The average molecular weight is 383 g/mol. The summed E-state index contributed by atoms with van der Waals surface area (Å²) in [4.78, 5) is 24.4. The second-order valence-corrected chi connectivity index (χ2v) is 6.81. The number of rotatable bonds is 10. The Hall–Kier alpha value is -2.82. The number of unbranched alkanes of at least 4 members (excludes halogenated alkanes) is 3. The lowest BCUT2D eigenvalue weighted by atomic mass is 10.1. The van der Waals surface area contributed by atoms with Crippen molar-refractivity contribution in [3.63, 3.8) is 0 Å². The molecule has 150 valence electrons. The number of hydrogen-bond acceptors (Lipinski definition) is 5. The molecule has 1 N–H and O–H groups in total. The smallest absolute Gasteiger partial charge is 0.343 e. The Balaban J connectivity index is 1.86. The molecule has 2 aromatic carbocycles. The quantitative estimate of drug-likeness (QED) is 0.335. The summed E-state index contributed by atoms with van der Waals surface area (Å²) in [5.41, 5.74) is 1.82. The van der Waals surface area contributed by atoms with E-state index < -0.39 is 5.97 Å². The minimum Gasteiger partial charge on any atom is -0.459 e. The molecule has 1 atom stereocenters. The van der Waals surface area contributed by atoms with E-state index in [1.54, 1.807) is 48.5 Å². The van der Waals surface area contributed by atoms with Gasteiger partial charge < -0.3 is 14.8 Å². The van der Waals surface area contributed by atoms with Crippen LogP contribution in [-0.2, 0) is 4.74 Å². The summed E-state index contributed by atoms with van der Waals surface area (Å²) >= 11 is 0. The highest BCUT2D eigenvalue weighted by atomic mass is 16.5. The molecular formula is C23H29NO4. The van der Waals surface area contributed by atoms with Crippen molar-refractivity contribution in [1.82, 2.24) is 0 Å². The van der Waals surface area contributed by atoms with Crippen LogP contribution in [-0.4, -0.2) is 25.1 Å². The van der Waals surface area contributed by atoms with Gasteiger partial charge in [0.2, 0.25) is 0 Å². The molecule has 0 aliphatic carbocycles. The maximum absolute atomic E-state index is 12.2. The number of anilines is 1. The standard InChI is InChI=1S/C23H29NO4/c1-4-5-6-7-8-17(2)27-22(25)19-11-15-21(16-12-19)28-23(26)18-9-13-20(24-3)14-10-18/h9-17,24H,4-8H2,1-3H3. The normalized spacial score (nSPS) is 11.5. The van der Waals surface area contributed by atoms with E-state index in [2.05, 4.69) is 12.2 Å². The maximum atomic E-state index is 12.2. The third kappa shape index (κ3) is 6.72. The van der Waals surface area contributed by atoms with Crippen LogP contribution in [0.25, 0.3) is 0 Å². The molecule has 0 spiro atoms. The SMILES string of the molecule is CCCCCCC(C)OC(=O)c1ccc(OC(=O)c2ccc(NC)cc2)cc1. The van der Waals surface area contributed by atoms with E-state index in [0.717, 1.165) is 24.9 Å². The molecule has 0 aliphatic heterocycles. The van der Waals surface area contributed by atoms with Crippen molar-refractivity contribution in [3.05, 3.63) is 59.7 Å². The number of benzene rings is 2. The third-order valence-electron chi connectivity index (χ3n) is 4.48. The summed E-state index contributed by atoms with van der Waals surface area (Å²) in [6.45, 7) is 4.09. The Morgan fingerprint density at radius 2 is 1.50 bits per heavy atom. The van der Waals surface area contributed by atoms with Gasteiger partial charge in [-0.3, -0.25) is 0 Å². The summed E-state index contributed by atoms with van der Waals surface area (Å²) < 4.78 is 10.8. The average Bonchev–Trinajstić information content (AvgIpc) is 2.71. The molecule has 0 saturated carbocycles. The summed E-state index contributed by atoms with van der Waals surface area (Å²) in [6.07, 6.45) is 5.38. The Bertz CT molecular complexity index is 753. The largest absolute Gasteiger partial charge is 0.459 e. The molecule has 1 unspecified atom stereocenters. The van der Waals surface area contributed by atoms with Crippen LogP contribution in [0.15, 0.2) is 48.5 Å². The zero-order valence-corrected chi connectivity index (χ0v) is 16.9. The second-order valence-electron chi connectivity index (χ2n) is 6.81. The lowest BCUT2D eigenvalue weighted by molar-refractivity contribution is 0.0319. The molecule has 5 nitrogen and oxygen atoms in total. The van der Waals surface area contributed by atoms with E-state index >= 15 is 0 Å². The van der Waals surface area contributed by atoms with Crippen molar-refractivity contribution in [2.75, 3.05) is 12.4 Å². The van der Waals surface area contributed by atoms with Crippen molar-refractivity contribution >= 4 is 17.6 Å². The maximum Gasteiger partial charge on any atom is 0.343 e. The van der Waals surface area contributed by atoms with Crippen molar-refractivity contribution in [2.45, 2.75) is 52.1 Å². The van der Waals surface area contributed by atoms with E-state index in [-0.39, 0.29) is 12.1 Å². The molecule has 0 amide bonds. The van der Waals surface area contributed by atoms with Crippen molar-refractivity contribution < 1.29 is 19.1 Å². The van der Waals surface area contributed by atoms with Crippen molar-refractivity contribution in [2.24, 2.45) is 0 Å². The molecule has 28 heavy (non-hydrogen) atoms. The van der Waals surface area contributed by atoms with E-state index in [1.807, 2.05) is 14.0 Å². The third-order valence-corrected chi connectivity index (χ3v) is 4.48. The molecule has 0 aromatic heterocycles. The van der Waals surface area contributed by atoms with E-state index in [0.29, 0.717) is 16.9 Å². The molecule has 0 aliphatic rings. The summed E-state index contributed by atoms with van der Waals surface area (Å²) in [5, 5.41) is 2.99. The van der Waals surface area contributed by atoms with Gasteiger partial charge in [0, 0.05) is 12.7 Å². The lowest BCUT2D eigenvalue weighted by Crippen LogP contribution is -2.15. The first-order chi connectivity index (χ1) is 13.5. The molecule has 0 heterocycles. The molecule has 0 saturated heterocycles. The van der Waals surface area contributed by atoms with Gasteiger partial charge in [0.15, 0.2) is 0 Å². The Labute approximate surface area is 167 Å². The highest BCUT2D eigenvalue weighted by Gasteiger charge is 2.13. The Morgan fingerprint density at radius 1 is 0.893 bits per heavy atom. The Morgan fingerprint density at radius 3 is 2.11 bits per heavy atom. The predicted octanol–water partition coefficient (Wildman–Crippen LogP) is 5.46. The molecular weight excluding hydrogens is 354 g/mol. The topological polar surface area (TPSA) is 64.6 Å². The predicted molar refractivity (Wildman–Crippen MR) is 111 cm³/mol. The van der Waals surface area contributed by atoms with Crippen LogP contribution < -0.4 is 10.1 Å². The summed E-state index contributed by atoms with van der Waals surface area (Å²) in [5.74, 6) is -0.422. The van der Waals surface area contributed by atoms with Crippen LogP contribution >= 0.6 is 0 Å². The highest BCUT2D eigenvalue weighted by Crippen LogP contribution is 2.17. The van der Waals surface area contributed by atoms with Crippen LogP contribution in [0.1, 0.15) is 66.7 Å². The Kier molecular flexibility index (Phi) is 8.53. The fourth-order valence-corrected chi connectivity index (χ4v) is 2.77. The van der Waals surface area contributed by atoms with Crippen LogP contribution in [0.3, 0.4) is 0 Å². The van der Waals surface area contributed by atoms with Gasteiger partial charge in [-0.25, -0.2) is 9.59 Å². The number of carbonyl (C=O) groups excluding carboxylic acids is 2. The molecule has 0 bridgehead atoms. The van der Waals surface area contributed by atoms with Crippen LogP contribution in [0, 0.1) is 0 Å². The first kappa shape index (κ1) is 21.5.